The van der Waals surface area contributed by atoms with Crippen molar-refractivity contribution in [3.05, 3.63) is 29.8 Å². The Balaban J connectivity index is 1.49. The molecule has 2 saturated heterocycles. The molecular weight excluding hydrogens is 324 g/mol. The second kappa shape index (κ2) is 9.26. The molecule has 0 bridgehead atoms. The Hall–Kier alpha value is -1.75. The Morgan fingerprint density at radius 3 is 2.54 bits per heavy atom. The molecule has 1 unspecified atom stereocenters. The van der Waals surface area contributed by atoms with Gasteiger partial charge in [-0.25, -0.2) is 0 Å². The van der Waals surface area contributed by atoms with Crippen LogP contribution in [0.4, 0.5) is 5.69 Å². The van der Waals surface area contributed by atoms with Crippen LogP contribution >= 0.6 is 0 Å². The fourth-order valence-electron chi connectivity index (χ4n) is 4.00. The Bertz CT molecular complexity index is 578. The molecule has 2 aliphatic heterocycles. The molecule has 0 radical (unpaired) electrons. The van der Waals surface area contributed by atoms with Gasteiger partial charge in [0.2, 0.25) is 0 Å². The van der Waals surface area contributed by atoms with Crippen molar-refractivity contribution in [2.24, 2.45) is 16.8 Å². The third kappa shape index (κ3) is 4.91. The molecule has 0 saturated carbocycles. The minimum atomic E-state index is 0.616. The van der Waals surface area contributed by atoms with Crippen LogP contribution in [-0.2, 0) is 11.3 Å². The second-order valence-corrected chi connectivity index (χ2v) is 7.79. The van der Waals surface area contributed by atoms with Crippen molar-refractivity contribution in [1.29, 1.82) is 0 Å². The van der Waals surface area contributed by atoms with E-state index in [0.717, 1.165) is 38.1 Å². The Morgan fingerprint density at radius 2 is 1.88 bits per heavy atom. The van der Waals surface area contributed by atoms with Gasteiger partial charge in [0, 0.05) is 58.5 Å². The van der Waals surface area contributed by atoms with E-state index < -0.39 is 0 Å². The highest BCUT2D eigenvalue weighted by Gasteiger charge is 2.24. The first-order valence-electron chi connectivity index (χ1n) is 9.98. The number of nitrogens with zero attached hydrogens (tertiary/aromatic N) is 3. The van der Waals surface area contributed by atoms with Crippen molar-refractivity contribution in [2.45, 2.75) is 32.7 Å². The minimum absolute atomic E-state index is 0.616. The molecule has 2 heterocycles. The number of benzene rings is 1. The van der Waals surface area contributed by atoms with Crippen LogP contribution in [0.15, 0.2) is 29.3 Å². The number of guanidine groups is 1. The van der Waals surface area contributed by atoms with Crippen LogP contribution in [-0.4, -0.2) is 57.8 Å². The highest BCUT2D eigenvalue weighted by molar-refractivity contribution is 5.80. The van der Waals surface area contributed by atoms with Crippen molar-refractivity contribution in [3.63, 3.8) is 0 Å². The number of ether oxygens (including phenoxy) is 1. The van der Waals surface area contributed by atoms with Gasteiger partial charge in [0.25, 0.3) is 0 Å². The minimum Gasteiger partial charge on any atom is -0.384 e. The van der Waals surface area contributed by atoms with Crippen molar-refractivity contribution < 1.29 is 4.74 Å². The number of hydrogen-bond donors (Lipinski definition) is 1. The van der Waals surface area contributed by atoms with Gasteiger partial charge in [-0.3, -0.25) is 4.99 Å². The average molecular weight is 359 g/mol. The van der Waals surface area contributed by atoms with Gasteiger partial charge >= 0.3 is 0 Å². The summed E-state index contributed by atoms with van der Waals surface area (Å²) >= 11 is 0. The molecular formula is C21H34N4O. The SMILES string of the molecule is CN=C(NCc1ccc(N2CCC(C)CC2)cc1)N1CCC(COC)C1. The number of nitrogens with one attached hydrogen (secondary N) is 1. The predicted molar refractivity (Wildman–Crippen MR) is 109 cm³/mol. The summed E-state index contributed by atoms with van der Waals surface area (Å²) < 4.78 is 5.29. The van der Waals surface area contributed by atoms with E-state index in [1.807, 2.05) is 7.05 Å². The van der Waals surface area contributed by atoms with E-state index in [0.29, 0.717) is 5.92 Å². The highest BCUT2D eigenvalue weighted by atomic mass is 16.5. The van der Waals surface area contributed by atoms with Crippen LogP contribution < -0.4 is 10.2 Å². The first-order valence-corrected chi connectivity index (χ1v) is 9.98. The first-order chi connectivity index (χ1) is 12.7. The zero-order valence-corrected chi connectivity index (χ0v) is 16.6. The summed E-state index contributed by atoms with van der Waals surface area (Å²) in [6.07, 6.45) is 3.79. The molecule has 1 aromatic rings. The quantitative estimate of drug-likeness (QED) is 0.649. The van der Waals surface area contributed by atoms with Crippen molar-refractivity contribution in [1.82, 2.24) is 10.2 Å². The zero-order chi connectivity index (χ0) is 18.4. The van der Waals surface area contributed by atoms with Gasteiger partial charge in [-0.1, -0.05) is 19.1 Å². The van der Waals surface area contributed by atoms with E-state index in [9.17, 15) is 0 Å². The number of piperidine rings is 1. The first kappa shape index (κ1) is 19.0. The van der Waals surface area contributed by atoms with Crippen LogP contribution in [0.1, 0.15) is 31.7 Å². The highest BCUT2D eigenvalue weighted by Crippen LogP contribution is 2.23. The van der Waals surface area contributed by atoms with Gasteiger partial charge < -0.3 is 19.9 Å². The van der Waals surface area contributed by atoms with Gasteiger partial charge in [-0.15, -0.1) is 0 Å². The Labute approximate surface area is 158 Å². The molecule has 2 aliphatic rings. The van der Waals surface area contributed by atoms with E-state index in [1.54, 1.807) is 7.11 Å². The Morgan fingerprint density at radius 1 is 1.15 bits per heavy atom. The lowest BCUT2D eigenvalue weighted by Crippen LogP contribution is -2.39. The summed E-state index contributed by atoms with van der Waals surface area (Å²) in [7, 11) is 3.65. The lowest BCUT2D eigenvalue weighted by Gasteiger charge is -2.32. The lowest BCUT2D eigenvalue weighted by molar-refractivity contribution is 0.157. The largest absolute Gasteiger partial charge is 0.384 e. The summed E-state index contributed by atoms with van der Waals surface area (Å²) in [6.45, 7) is 8.46. The standard InChI is InChI=1S/C21H34N4O/c1-17-8-11-24(12-9-17)20-6-4-18(5-7-20)14-23-21(22-2)25-13-10-19(15-25)16-26-3/h4-7,17,19H,8-16H2,1-3H3,(H,22,23). The molecule has 144 valence electrons. The van der Waals surface area contributed by atoms with E-state index in [4.69, 9.17) is 4.74 Å². The summed E-state index contributed by atoms with van der Waals surface area (Å²) in [5.41, 5.74) is 2.65. The van der Waals surface area contributed by atoms with Gasteiger partial charge in [0.05, 0.1) is 6.61 Å². The molecule has 1 aromatic carbocycles. The monoisotopic (exact) mass is 358 g/mol. The van der Waals surface area contributed by atoms with Gasteiger partial charge in [-0.2, -0.15) is 0 Å². The summed E-state index contributed by atoms with van der Waals surface area (Å²) in [6, 6.07) is 9.01. The maximum atomic E-state index is 5.29. The van der Waals surface area contributed by atoms with Crippen molar-refractivity contribution >= 4 is 11.6 Å². The third-order valence-corrected chi connectivity index (χ3v) is 5.74. The van der Waals surface area contributed by atoms with E-state index in [2.05, 4.69) is 51.3 Å². The third-order valence-electron chi connectivity index (χ3n) is 5.74. The molecule has 5 heteroatoms. The predicted octanol–water partition coefficient (Wildman–Crippen LogP) is 2.97. The fourth-order valence-corrected chi connectivity index (χ4v) is 4.00. The molecule has 0 amide bonds. The van der Waals surface area contributed by atoms with Crippen LogP contribution in [0.25, 0.3) is 0 Å². The zero-order valence-electron chi connectivity index (χ0n) is 16.6. The number of hydrogen-bond acceptors (Lipinski definition) is 3. The molecule has 1 atom stereocenters. The molecule has 26 heavy (non-hydrogen) atoms. The van der Waals surface area contributed by atoms with Crippen LogP contribution in [0.5, 0.6) is 0 Å². The Kier molecular flexibility index (Phi) is 6.78. The number of anilines is 1. The molecule has 2 fully saturated rings. The van der Waals surface area contributed by atoms with Crippen LogP contribution in [0.2, 0.25) is 0 Å². The topological polar surface area (TPSA) is 40.1 Å². The maximum Gasteiger partial charge on any atom is 0.193 e. The second-order valence-electron chi connectivity index (χ2n) is 7.79. The fraction of sp³-hybridized carbons (Fsp3) is 0.667. The van der Waals surface area contributed by atoms with E-state index in [-0.39, 0.29) is 0 Å². The summed E-state index contributed by atoms with van der Waals surface area (Å²) in [5.74, 6) is 2.48. The maximum absolute atomic E-state index is 5.29. The molecule has 1 N–H and O–H groups in total. The van der Waals surface area contributed by atoms with E-state index in [1.165, 1.54) is 43.6 Å². The average Bonchev–Trinajstić information content (AvgIpc) is 3.12. The van der Waals surface area contributed by atoms with Crippen molar-refractivity contribution in [2.75, 3.05) is 51.8 Å². The molecule has 5 nitrogen and oxygen atoms in total. The molecule has 0 aromatic heterocycles. The van der Waals surface area contributed by atoms with Gasteiger partial charge in [-0.05, 0) is 42.9 Å². The molecule has 0 spiro atoms. The number of rotatable bonds is 5. The molecule has 0 aliphatic carbocycles. The summed E-state index contributed by atoms with van der Waals surface area (Å²) in [5, 5.41) is 3.52. The summed E-state index contributed by atoms with van der Waals surface area (Å²) in [4.78, 5) is 9.31. The normalized spacial score (nSPS) is 22.1. The number of likely N-dealkylation sites (tertiary alicyclic amines) is 1. The number of methoxy groups -OCH3 is 1. The lowest BCUT2D eigenvalue weighted by atomic mass is 9.99. The van der Waals surface area contributed by atoms with Crippen LogP contribution in [0, 0.1) is 11.8 Å². The van der Waals surface area contributed by atoms with Gasteiger partial charge in [0.15, 0.2) is 5.96 Å². The van der Waals surface area contributed by atoms with E-state index >= 15 is 0 Å². The smallest absolute Gasteiger partial charge is 0.193 e. The van der Waals surface area contributed by atoms with Crippen LogP contribution in [0.3, 0.4) is 0 Å². The van der Waals surface area contributed by atoms with Crippen molar-refractivity contribution in [3.8, 4) is 0 Å². The van der Waals surface area contributed by atoms with Gasteiger partial charge in [0.1, 0.15) is 0 Å². The number of aliphatic imine (C=N–C) groups is 1. The molecule has 3 rings (SSSR count).